The van der Waals surface area contributed by atoms with Gasteiger partial charge in [0, 0.05) is 38.3 Å². The normalized spacial score (nSPS) is 14.9. The first kappa shape index (κ1) is 20.8. The lowest BCUT2D eigenvalue weighted by atomic mass is 10.3. The topological polar surface area (TPSA) is 94.8 Å². The van der Waals surface area contributed by atoms with Crippen molar-refractivity contribution in [3.8, 4) is 0 Å². The average molecular weight is 418 g/mol. The number of aryl methyl sites for hydroxylation is 2. The van der Waals surface area contributed by atoms with E-state index in [0.29, 0.717) is 23.4 Å². The van der Waals surface area contributed by atoms with E-state index >= 15 is 0 Å². The van der Waals surface area contributed by atoms with Gasteiger partial charge in [-0.25, -0.2) is 4.98 Å². The Labute approximate surface area is 182 Å². The Morgan fingerprint density at radius 2 is 1.68 bits per heavy atom. The molecular formula is C22H27N9. The van der Waals surface area contributed by atoms with E-state index in [1.54, 1.807) is 0 Å². The molecule has 0 bridgehead atoms. The zero-order chi connectivity index (χ0) is 21.6. The maximum absolute atomic E-state index is 4.68. The molecule has 0 spiro atoms. The summed E-state index contributed by atoms with van der Waals surface area (Å²) in [5, 5.41) is 12.0. The third kappa shape index (κ3) is 5.37. The molecule has 0 unspecified atom stereocenters. The van der Waals surface area contributed by atoms with Gasteiger partial charge < -0.3 is 15.1 Å². The lowest BCUT2D eigenvalue weighted by molar-refractivity contribution is 0.311. The Balaban J connectivity index is 1.62. The van der Waals surface area contributed by atoms with Crippen LogP contribution in [-0.2, 0) is 6.42 Å². The molecule has 1 aliphatic rings. The summed E-state index contributed by atoms with van der Waals surface area (Å²) in [7, 11) is 2.13. The van der Waals surface area contributed by atoms with Crippen LogP contribution in [0.5, 0.6) is 0 Å². The minimum atomic E-state index is 0.468. The van der Waals surface area contributed by atoms with Gasteiger partial charge >= 0.3 is 0 Å². The van der Waals surface area contributed by atoms with E-state index in [0.717, 1.165) is 49.8 Å². The summed E-state index contributed by atoms with van der Waals surface area (Å²) in [6.45, 7) is 7.73. The number of nitrogens with one attached hydrogen (secondary N) is 1. The Morgan fingerprint density at radius 1 is 0.903 bits per heavy atom. The standard InChI is InChI=1S/C22H27N9/c1-4-19-24-21(27-22(25-19)31-14-12-30(3)13-15-31)26-20-18(11-10-16(2)23-20)29-28-17-8-6-5-7-9-17/h5-11H,4,12-15H2,1-3H3,(H,23,24,25,26,27). The van der Waals surface area contributed by atoms with E-state index in [2.05, 4.69) is 52.3 Å². The highest BCUT2D eigenvalue weighted by Gasteiger charge is 2.19. The molecule has 1 N–H and O–H groups in total. The number of likely N-dealkylation sites (N-methyl/N-ethyl adjacent to an activating group) is 1. The third-order valence-corrected chi connectivity index (χ3v) is 5.05. The number of azo groups is 1. The highest BCUT2D eigenvalue weighted by molar-refractivity contribution is 5.65. The van der Waals surface area contributed by atoms with Crippen molar-refractivity contribution in [1.82, 2.24) is 24.8 Å². The minimum absolute atomic E-state index is 0.468. The molecule has 3 aromatic rings. The molecule has 1 saturated heterocycles. The quantitative estimate of drug-likeness (QED) is 0.605. The van der Waals surface area contributed by atoms with Gasteiger partial charge in [-0.3, -0.25) is 0 Å². The molecule has 0 amide bonds. The van der Waals surface area contributed by atoms with Crippen molar-refractivity contribution < 1.29 is 0 Å². The van der Waals surface area contributed by atoms with Crippen LogP contribution in [-0.4, -0.2) is 58.1 Å². The Hall–Kier alpha value is -3.46. The van der Waals surface area contributed by atoms with Gasteiger partial charge in [0.15, 0.2) is 5.82 Å². The van der Waals surface area contributed by atoms with Gasteiger partial charge in [-0.1, -0.05) is 25.1 Å². The molecule has 2 aromatic heterocycles. The monoisotopic (exact) mass is 417 g/mol. The van der Waals surface area contributed by atoms with Gasteiger partial charge in [0.2, 0.25) is 11.9 Å². The molecule has 31 heavy (non-hydrogen) atoms. The van der Waals surface area contributed by atoms with E-state index in [-0.39, 0.29) is 0 Å². The third-order valence-electron chi connectivity index (χ3n) is 5.05. The van der Waals surface area contributed by atoms with Crippen LogP contribution in [0.3, 0.4) is 0 Å². The van der Waals surface area contributed by atoms with Gasteiger partial charge in [-0.15, -0.1) is 5.11 Å². The van der Waals surface area contributed by atoms with Crippen molar-refractivity contribution in [3.05, 3.63) is 54.0 Å². The first-order chi connectivity index (χ1) is 15.1. The number of pyridine rings is 1. The maximum atomic E-state index is 4.68. The molecule has 9 heteroatoms. The molecular weight excluding hydrogens is 390 g/mol. The summed E-state index contributed by atoms with van der Waals surface area (Å²) in [6.07, 6.45) is 0.722. The molecule has 1 fully saturated rings. The molecule has 0 atom stereocenters. The molecule has 3 heterocycles. The van der Waals surface area contributed by atoms with E-state index in [9.17, 15) is 0 Å². The number of piperazine rings is 1. The molecule has 0 saturated carbocycles. The van der Waals surface area contributed by atoms with E-state index in [1.807, 2.05) is 56.3 Å². The number of benzene rings is 1. The van der Waals surface area contributed by atoms with Gasteiger partial charge in [-0.2, -0.15) is 20.1 Å². The van der Waals surface area contributed by atoms with Crippen LogP contribution in [0, 0.1) is 6.92 Å². The molecule has 0 aliphatic carbocycles. The number of anilines is 3. The summed E-state index contributed by atoms with van der Waals surface area (Å²) >= 11 is 0. The van der Waals surface area contributed by atoms with Gasteiger partial charge in [0.05, 0.1) is 5.69 Å². The summed E-state index contributed by atoms with van der Waals surface area (Å²) in [5.41, 5.74) is 2.26. The maximum Gasteiger partial charge on any atom is 0.233 e. The lowest BCUT2D eigenvalue weighted by Crippen LogP contribution is -2.45. The van der Waals surface area contributed by atoms with Crippen LogP contribution < -0.4 is 10.2 Å². The van der Waals surface area contributed by atoms with Gasteiger partial charge in [0.1, 0.15) is 11.5 Å². The summed E-state index contributed by atoms with van der Waals surface area (Å²) in [4.78, 5) is 23.0. The largest absolute Gasteiger partial charge is 0.338 e. The molecule has 160 valence electrons. The smallest absolute Gasteiger partial charge is 0.233 e. The second-order valence-corrected chi connectivity index (χ2v) is 7.50. The van der Waals surface area contributed by atoms with Crippen molar-refractivity contribution in [2.24, 2.45) is 10.2 Å². The van der Waals surface area contributed by atoms with Crippen LogP contribution in [0.1, 0.15) is 18.4 Å². The molecule has 1 aromatic carbocycles. The fourth-order valence-corrected chi connectivity index (χ4v) is 3.20. The average Bonchev–Trinajstić information content (AvgIpc) is 2.79. The Morgan fingerprint density at radius 3 is 2.42 bits per heavy atom. The van der Waals surface area contributed by atoms with E-state index < -0.39 is 0 Å². The minimum Gasteiger partial charge on any atom is -0.338 e. The number of aromatic nitrogens is 4. The van der Waals surface area contributed by atoms with Crippen molar-refractivity contribution >= 4 is 29.1 Å². The molecule has 4 rings (SSSR count). The zero-order valence-electron chi connectivity index (χ0n) is 18.2. The first-order valence-electron chi connectivity index (χ1n) is 10.5. The van der Waals surface area contributed by atoms with Gasteiger partial charge in [-0.05, 0) is 38.2 Å². The number of hydrogen-bond acceptors (Lipinski definition) is 9. The van der Waals surface area contributed by atoms with Crippen LogP contribution >= 0.6 is 0 Å². The highest BCUT2D eigenvalue weighted by atomic mass is 15.3. The summed E-state index contributed by atoms with van der Waals surface area (Å²) < 4.78 is 0. The number of nitrogens with zero attached hydrogens (tertiary/aromatic N) is 8. The molecule has 9 nitrogen and oxygen atoms in total. The van der Waals surface area contributed by atoms with Crippen LogP contribution in [0.25, 0.3) is 0 Å². The van der Waals surface area contributed by atoms with Crippen LogP contribution in [0.15, 0.2) is 52.7 Å². The fraction of sp³-hybridized carbons (Fsp3) is 0.364. The van der Waals surface area contributed by atoms with Crippen LogP contribution in [0.2, 0.25) is 0 Å². The Bertz CT molecular complexity index is 1040. The van der Waals surface area contributed by atoms with E-state index in [4.69, 9.17) is 0 Å². The van der Waals surface area contributed by atoms with Crippen molar-refractivity contribution in [2.45, 2.75) is 20.3 Å². The molecule has 0 radical (unpaired) electrons. The first-order valence-corrected chi connectivity index (χ1v) is 10.5. The van der Waals surface area contributed by atoms with Crippen molar-refractivity contribution in [2.75, 3.05) is 43.4 Å². The summed E-state index contributed by atoms with van der Waals surface area (Å²) in [5.74, 6) is 2.47. The SMILES string of the molecule is CCc1nc(Nc2nc(C)ccc2N=Nc2ccccc2)nc(N2CCN(C)CC2)n1. The predicted molar refractivity (Wildman–Crippen MR) is 122 cm³/mol. The van der Waals surface area contributed by atoms with E-state index in [1.165, 1.54) is 0 Å². The van der Waals surface area contributed by atoms with Crippen LogP contribution in [0.4, 0.5) is 29.1 Å². The highest BCUT2D eigenvalue weighted by Crippen LogP contribution is 2.28. The molecule has 1 aliphatic heterocycles. The van der Waals surface area contributed by atoms with Gasteiger partial charge in [0.25, 0.3) is 0 Å². The summed E-state index contributed by atoms with van der Waals surface area (Å²) in [6, 6.07) is 13.4. The lowest BCUT2D eigenvalue weighted by Gasteiger charge is -2.32. The van der Waals surface area contributed by atoms with Crippen molar-refractivity contribution in [3.63, 3.8) is 0 Å². The second kappa shape index (κ2) is 9.57. The zero-order valence-corrected chi connectivity index (χ0v) is 18.2. The van der Waals surface area contributed by atoms with Crippen molar-refractivity contribution in [1.29, 1.82) is 0 Å². The number of hydrogen-bond donors (Lipinski definition) is 1. The fourth-order valence-electron chi connectivity index (χ4n) is 3.20. The second-order valence-electron chi connectivity index (χ2n) is 7.50. The number of rotatable bonds is 6. The predicted octanol–water partition coefficient (Wildman–Crippen LogP) is 4.05. The Kier molecular flexibility index (Phi) is 6.42.